The normalized spacial score (nSPS) is 25.9. The Hall–Kier alpha value is -1.85. The first kappa shape index (κ1) is 15.1. The van der Waals surface area contributed by atoms with Crippen LogP contribution in [0.3, 0.4) is 0 Å². The quantitative estimate of drug-likeness (QED) is 0.823. The van der Waals surface area contributed by atoms with Crippen LogP contribution < -0.4 is 0 Å². The monoisotopic (exact) mass is 304 g/mol. The van der Waals surface area contributed by atoms with Crippen molar-refractivity contribution >= 4 is 11.8 Å². The number of amides is 2. The van der Waals surface area contributed by atoms with Crippen LogP contribution in [-0.2, 0) is 9.59 Å². The molecule has 2 saturated heterocycles. The summed E-state index contributed by atoms with van der Waals surface area (Å²) in [7, 11) is 1.77. The highest BCUT2D eigenvalue weighted by molar-refractivity contribution is 5.89. The van der Waals surface area contributed by atoms with Crippen molar-refractivity contribution in [1.29, 1.82) is 0 Å². The molecule has 3 heterocycles. The maximum absolute atomic E-state index is 12.7. The lowest BCUT2D eigenvalue weighted by atomic mass is 10.0. The van der Waals surface area contributed by atoms with Crippen LogP contribution in [0.15, 0.2) is 6.07 Å². The van der Waals surface area contributed by atoms with Crippen molar-refractivity contribution in [2.75, 3.05) is 26.7 Å². The summed E-state index contributed by atoms with van der Waals surface area (Å²) in [4.78, 5) is 27.9. The van der Waals surface area contributed by atoms with Crippen molar-refractivity contribution in [3.05, 3.63) is 17.5 Å². The van der Waals surface area contributed by atoms with E-state index in [0.29, 0.717) is 19.5 Å². The number of hydrogen-bond acceptors (Lipinski definition) is 3. The zero-order valence-corrected chi connectivity index (χ0v) is 13.6. The molecule has 2 aliphatic heterocycles. The van der Waals surface area contributed by atoms with E-state index in [1.54, 1.807) is 11.9 Å². The molecule has 0 radical (unpaired) electrons. The lowest BCUT2D eigenvalue weighted by Gasteiger charge is -2.34. The van der Waals surface area contributed by atoms with Crippen molar-refractivity contribution in [2.24, 2.45) is 5.92 Å². The molecule has 0 unspecified atom stereocenters. The minimum Gasteiger partial charge on any atom is -0.345 e. The van der Waals surface area contributed by atoms with Crippen molar-refractivity contribution in [3.63, 3.8) is 0 Å². The molecule has 120 valence electrons. The van der Waals surface area contributed by atoms with Gasteiger partial charge in [-0.05, 0) is 32.8 Å². The average Bonchev–Trinajstić information content (AvgIpc) is 3.00. The summed E-state index contributed by atoms with van der Waals surface area (Å²) in [5.41, 5.74) is 2.16. The molecule has 6 heteroatoms. The predicted molar refractivity (Wildman–Crippen MR) is 82.3 cm³/mol. The van der Waals surface area contributed by atoms with Crippen LogP contribution in [0.2, 0.25) is 0 Å². The molecule has 2 aliphatic rings. The van der Waals surface area contributed by atoms with Gasteiger partial charge in [-0.15, -0.1) is 0 Å². The summed E-state index contributed by atoms with van der Waals surface area (Å²) >= 11 is 0. The van der Waals surface area contributed by atoms with Crippen LogP contribution in [-0.4, -0.2) is 58.1 Å². The third kappa shape index (κ3) is 2.74. The van der Waals surface area contributed by atoms with Gasteiger partial charge in [0.05, 0.1) is 17.7 Å². The van der Waals surface area contributed by atoms with Crippen LogP contribution >= 0.6 is 0 Å². The van der Waals surface area contributed by atoms with E-state index in [1.807, 2.05) is 11.8 Å². The van der Waals surface area contributed by atoms with E-state index in [-0.39, 0.29) is 23.8 Å². The van der Waals surface area contributed by atoms with Gasteiger partial charge in [-0.25, -0.2) is 0 Å². The molecule has 0 bridgehead atoms. The third-order valence-electron chi connectivity index (χ3n) is 4.79. The number of carbonyl (C=O) groups is 2. The van der Waals surface area contributed by atoms with E-state index in [0.717, 1.165) is 30.8 Å². The summed E-state index contributed by atoms with van der Waals surface area (Å²) in [5, 5.41) is 4.57. The van der Waals surface area contributed by atoms with Gasteiger partial charge in [0.15, 0.2) is 0 Å². The molecule has 2 atom stereocenters. The van der Waals surface area contributed by atoms with Gasteiger partial charge < -0.3 is 9.80 Å². The molecule has 22 heavy (non-hydrogen) atoms. The van der Waals surface area contributed by atoms with Crippen molar-refractivity contribution < 1.29 is 9.59 Å². The highest BCUT2D eigenvalue weighted by Gasteiger charge is 2.36. The molecule has 2 fully saturated rings. The average molecular weight is 304 g/mol. The van der Waals surface area contributed by atoms with E-state index < -0.39 is 0 Å². The number of rotatable bonds is 2. The van der Waals surface area contributed by atoms with Gasteiger partial charge in [0.1, 0.15) is 0 Å². The number of hydrogen-bond donors (Lipinski definition) is 0. The van der Waals surface area contributed by atoms with Gasteiger partial charge in [0.2, 0.25) is 11.8 Å². The topological polar surface area (TPSA) is 58.4 Å². The fourth-order valence-corrected chi connectivity index (χ4v) is 3.66. The largest absolute Gasteiger partial charge is 0.345 e. The fraction of sp³-hybridized carbons (Fsp3) is 0.688. The molecular weight excluding hydrogens is 280 g/mol. The SMILES string of the molecule is Cc1cc(C)n([C@H]2CCCN(C(=O)[C@@H]3CC(=O)N(C)C3)C2)n1. The summed E-state index contributed by atoms with van der Waals surface area (Å²) in [6.45, 7) is 6.11. The number of carbonyl (C=O) groups excluding carboxylic acids is 2. The van der Waals surface area contributed by atoms with Gasteiger partial charge in [-0.1, -0.05) is 0 Å². The Morgan fingerprint density at radius 2 is 2.09 bits per heavy atom. The lowest BCUT2D eigenvalue weighted by Crippen LogP contribution is -2.44. The Morgan fingerprint density at radius 3 is 2.68 bits per heavy atom. The fourth-order valence-electron chi connectivity index (χ4n) is 3.66. The second-order valence-electron chi connectivity index (χ2n) is 6.63. The number of aromatic nitrogens is 2. The van der Waals surface area contributed by atoms with Gasteiger partial charge >= 0.3 is 0 Å². The highest BCUT2D eigenvalue weighted by atomic mass is 16.2. The predicted octanol–water partition coefficient (Wildman–Crippen LogP) is 1.14. The number of aryl methyl sites for hydroxylation is 2. The maximum atomic E-state index is 12.7. The molecule has 6 nitrogen and oxygen atoms in total. The van der Waals surface area contributed by atoms with Crippen LogP contribution in [0, 0.1) is 19.8 Å². The highest BCUT2D eigenvalue weighted by Crippen LogP contribution is 2.26. The van der Waals surface area contributed by atoms with Crippen LogP contribution in [0.4, 0.5) is 0 Å². The number of piperidine rings is 1. The first-order valence-electron chi connectivity index (χ1n) is 8.01. The Labute approximate surface area is 131 Å². The molecule has 3 rings (SSSR count). The summed E-state index contributed by atoms with van der Waals surface area (Å²) in [6.07, 6.45) is 2.40. The maximum Gasteiger partial charge on any atom is 0.228 e. The summed E-state index contributed by atoms with van der Waals surface area (Å²) < 4.78 is 2.06. The van der Waals surface area contributed by atoms with Crippen molar-refractivity contribution in [2.45, 2.75) is 39.2 Å². The smallest absolute Gasteiger partial charge is 0.228 e. The molecule has 0 N–H and O–H groups in total. The lowest BCUT2D eigenvalue weighted by molar-refractivity contribution is -0.137. The molecular formula is C16H24N4O2. The van der Waals surface area contributed by atoms with Gasteiger partial charge in [0, 0.05) is 38.8 Å². The van der Waals surface area contributed by atoms with Crippen molar-refractivity contribution in [1.82, 2.24) is 19.6 Å². The molecule has 0 aromatic carbocycles. The van der Waals surface area contributed by atoms with Gasteiger partial charge in [-0.3, -0.25) is 14.3 Å². The second kappa shape index (κ2) is 5.74. The van der Waals surface area contributed by atoms with E-state index in [1.165, 1.54) is 0 Å². The number of nitrogens with zero attached hydrogens (tertiary/aromatic N) is 4. The van der Waals surface area contributed by atoms with Gasteiger partial charge in [-0.2, -0.15) is 5.10 Å². The Morgan fingerprint density at radius 1 is 1.32 bits per heavy atom. The number of likely N-dealkylation sites (tertiary alicyclic amines) is 2. The zero-order chi connectivity index (χ0) is 15.9. The Balaban J connectivity index is 1.69. The minimum absolute atomic E-state index is 0.0745. The van der Waals surface area contributed by atoms with E-state index in [9.17, 15) is 9.59 Å². The van der Waals surface area contributed by atoms with Crippen LogP contribution in [0.1, 0.15) is 36.7 Å². The molecule has 0 saturated carbocycles. The first-order valence-corrected chi connectivity index (χ1v) is 8.01. The second-order valence-corrected chi connectivity index (χ2v) is 6.63. The van der Waals surface area contributed by atoms with E-state index in [4.69, 9.17) is 0 Å². The third-order valence-corrected chi connectivity index (χ3v) is 4.79. The van der Waals surface area contributed by atoms with Crippen molar-refractivity contribution in [3.8, 4) is 0 Å². The molecule has 1 aromatic rings. The Kier molecular flexibility index (Phi) is 3.93. The molecule has 0 spiro atoms. The Bertz CT molecular complexity index is 595. The van der Waals surface area contributed by atoms with Crippen LogP contribution in [0.25, 0.3) is 0 Å². The van der Waals surface area contributed by atoms with E-state index >= 15 is 0 Å². The summed E-state index contributed by atoms with van der Waals surface area (Å²) in [6, 6.07) is 2.33. The zero-order valence-electron chi connectivity index (χ0n) is 13.6. The van der Waals surface area contributed by atoms with E-state index in [2.05, 4.69) is 22.8 Å². The summed E-state index contributed by atoms with van der Waals surface area (Å²) in [5.74, 6) is 0.0334. The molecule has 2 amide bonds. The first-order chi connectivity index (χ1) is 10.5. The van der Waals surface area contributed by atoms with Gasteiger partial charge in [0.25, 0.3) is 0 Å². The molecule has 1 aromatic heterocycles. The standard InChI is InChI=1S/C16H24N4O2/c1-11-7-12(2)20(17-11)14-5-4-6-19(10-14)16(22)13-8-15(21)18(3)9-13/h7,13-14H,4-6,8-10H2,1-3H3/t13-,14+/m1/s1. The van der Waals surface area contributed by atoms with Crippen LogP contribution in [0.5, 0.6) is 0 Å². The molecule has 0 aliphatic carbocycles. The minimum atomic E-state index is -0.170.